The first-order valence-corrected chi connectivity index (χ1v) is 9.19. The van der Waals surface area contributed by atoms with Crippen LogP contribution in [-0.2, 0) is 11.3 Å². The molecule has 2 aromatic rings. The Balaban J connectivity index is 1.78. The van der Waals surface area contributed by atoms with Crippen LogP contribution in [0, 0.1) is 11.6 Å². The molecular formula is C19H21BrF2N2O3. The van der Waals surface area contributed by atoms with Crippen LogP contribution in [0.2, 0.25) is 0 Å². The number of halogens is 3. The number of nitrogens with zero attached hydrogens (tertiary/aromatic N) is 1. The average Bonchev–Trinajstić information content (AvgIpc) is 2.63. The highest BCUT2D eigenvalue weighted by Gasteiger charge is 2.13. The minimum Gasteiger partial charge on any atom is -0.492 e. The zero-order valence-electron chi connectivity index (χ0n) is 14.6. The zero-order valence-corrected chi connectivity index (χ0v) is 16.2. The van der Waals surface area contributed by atoms with Gasteiger partial charge in [-0.2, -0.15) is 0 Å². The zero-order chi connectivity index (χ0) is 19.6. The van der Waals surface area contributed by atoms with Crippen LogP contribution in [0.3, 0.4) is 0 Å². The van der Waals surface area contributed by atoms with Gasteiger partial charge in [0.1, 0.15) is 24.0 Å². The van der Waals surface area contributed by atoms with E-state index < -0.39 is 0 Å². The molecule has 27 heavy (non-hydrogen) atoms. The van der Waals surface area contributed by atoms with Gasteiger partial charge in [0.25, 0.3) is 0 Å². The molecule has 0 aromatic heterocycles. The van der Waals surface area contributed by atoms with E-state index in [1.54, 1.807) is 17.0 Å². The molecule has 0 aliphatic rings. The van der Waals surface area contributed by atoms with Crippen molar-refractivity contribution < 1.29 is 23.4 Å². The van der Waals surface area contributed by atoms with Crippen molar-refractivity contribution in [1.82, 2.24) is 10.2 Å². The third-order valence-corrected chi connectivity index (χ3v) is 4.19. The molecule has 0 radical (unpaired) electrons. The standard InChI is InChI=1S/C19H21BrF2N2O3/c20-15-1-6-18(22)14(11-15)12-24(8-9-25)13-19(26)23-7-10-27-17-4-2-16(21)3-5-17/h1-6,11,25H,7-10,12-13H2,(H,23,26). The van der Waals surface area contributed by atoms with E-state index in [2.05, 4.69) is 21.2 Å². The predicted molar refractivity (Wildman–Crippen MR) is 101 cm³/mol. The second kappa shape index (κ2) is 11.0. The van der Waals surface area contributed by atoms with Gasteiger partial charge in [-0.15, -0.1) is 0 Å². The first kappa shape index (κ1) is 21.3. The Morgan fingerprint density at radius 1 is 1.19 bits per heavy atom. The maximum atomic E-state index is 13.9. The van der Waals surface area contributed by atoms with E-state index in [0.29, 0.717) is 11.3 Å². The summed E-state index contributed by atoms with van der Waals surface area (Å²) >= 11 is 3.29. The molecule has 8 heteroatoms. The molecule has 0 bridgehead atoms. The fraction of sp³-hybridized carbons (Fsp3) is 0.316. The van der Waals surface area contributed by atoms with Gasteiger partial charge in [0, 0.05) is 23.1 Å². The van der Waals surface area contributed by atoms with Gasteiger partial charge in [-0.05, 0) is 42.5 Å². The van der Waals surface area contributed by atoms with E-state index in [1.165, 1.54) is 30.3 Å². The van der Waals surface area contributed by atoms with Crippen LogP contribution in [0.5, 0.6) is 5.75 Å². The van der Waals surface area contributed by atoms with Gasteiger partial charge in [0.05, 0.1) is 19.7 Å². The van der Waals surface area contributed by atoms with Crippen LogP contribution in [0.15, 0.2) is 46.9 Å². The molecule has 0 atom stereocenters. The van der Waals surface area contributed by atoms with Crippen molar-refractivity contribution in [2.75, 3.05) is 32.8 Å². The molecule has 1 amide bonds. The summed E-state index contributed by atoms with van der Waals surface area (Å²) in [6, 6.07) is 10.2. The van der Waals surface area contributed by atoms with Crippen molar-refractivity contribution in [2.24, 2.45) is 0 Å². The van der Waals surface area contributed by atoms with Crippen LogP contribution >= 0.6 is 15.9 Å². The van der Waals surface area contributed by atoms with Gasteiger partial charge in [-0.25, -0.2) is 8.78 Å². The summed E-state index contributed by atoms with van der Waals surface area (Å²) in [7, 11) is 0. The number of carbonyl (C=O) groups is 1. The van der Waals surface area contributed by atoms with Crippen molar-refractivity contribution in [1.29, 1.82) is 0 Å². The Bertz CT molecular complexity index is 744. The van der Waals surface area contributed by atoms with Gasteiger partial charge in [-0.3, -0.25) is 9.69 Å². The van der Waals surface area contributed by atoms with Crippen LogP contribution in [-0.4, -0.2) is 48.8 Å². The minimum absolute atomic E-state index is 0.0169. The van der Waals surface area contributed by atoms with Crippen molar-refractivity contribution in [3.05, 3.63) is 64.1 Å². The lowest BCUT2D eigenvalue weighted by Crippen LogP contribution is -2.39. The highest BCUT2D eigenvalue weighted by atomic mass is 79.9. The smallest absolute Gasteiger partial charge is 0.234 e. The number of hydrogen-bond acceptors (Lipinski definition) is 4. The number of hydrogen-bond donors (Lipinski definition) is 2. The number of aliphatic hydroxyl groups excluding tert-OH is 1. The molecule has 2 aromatic carbocycles. The first-order chi connectivity index (χ1) is 13.0. The largest absolute Gasteiger partial charge is 0.492 e. The minimum atomic E-state index is -0.366. The van der Waals surface area contributed by atoms with Crippen LogP contribution in [0.25, 0.3) is 0 Å². The Morgan fingerprint density at radius 2 is 1.93 bits per heavy atom. The third-order valence-electron chi connectivity index (χ3n) is 3.69. The summed E-state index contributed by atoms with van der Waals surface area (Å²) < 4.78 is 32.8. The van der Waals surface area contributed by atoms with Crippen LogP contribution in [0.4, 0.5) is 8.78 Å². The SMILES string of the molecule is O=C(CN(CCO)Cc1cc(Br)ccc1F)NCCOc1ccc(F)cc1. The first-order valence-electron chi connectivity index (χ1n) is 8.40. The Labute approximate surface area is 165 Å². The van der Waals surface area contributed by atoms with Crippen molar-refractivity contribution >= 4 is 21.8 Å². The van der Waals surface area contributed by atoms with E-state index in [9.17, 15) is 18.7 Å². The molecule has 2 rings (SSSR count). The number of aliphatic hydroxyl groups is 1. The maximum absolute atomic E-state index is 13.9. The fourth-order valence-electron chi connectivity index (χ4n) is 2.41. The van der Waals surface area contributed by atoms with E-state index in [1.807, 2.05) is 0 Å². The highest BCUT2D eigenvalue weighted by molar-refractivity contribution is 9.10. The molecule has 0 unspecified atom stereocenters. The lowest BCUT2D eigenvalue weighted by Gasteiger charge is -2.21. The van der Waals surface area contributed by atoms with Gasteiger partial charge < -0.3 is 15.2 Å². The van der Waals surface area contributed by atoms with Crippen molar-refractivity contribution in [3.8, 4) is 5.75 Å². The van der Waals surface area contributed by atoms with Crippen molar-refractivity contribution in [2.45, 2.75) is 6.54 Å². The predicted octanol–water partition coefficient (Wildman–Crippen LogP) is 2.72. The molecule has 0 aliphatic carbocycles. The third kappa shape index (κ3) is 7.62. The van der Waals surface area contributed by atoms with E-state index in [0.717, 1.165) is 4.47 Å². The summed E-state index contributed by atoms with van der Waals surface area (Å²) in [6.07, 6.45) is 0. The second-order valence-corrected chi connectivity index (χ2v) is 6.74. The number of carbonyl (C=O) groups excluding carboxylic acids is 1. The molecule has 146 valence electrons. The van der Waals surface area contributed by atoms with Gasteiger partial charge in [0.15, 0.2) is 0 Å². The number of amides is 1. The topological polar surface area (TPSA) is 61.8 Å². The lowest BCUT2D eigenvalue weighted by atomic mass is 10.2. The molecule has 0 saturated heterocycles. The number of benzene rings is 2. The summed E-state index contributed by atoms with van der Waals surface area (Å²) in [5, 5.41) is 11.9. The monoisotopic (exact) mass is 442 g/mol. The average molecular weight is 443 g/mol. The molecule has 5 nitrogen and oxygen atoms in total. The molecule has 0 aliphatic heterocycles. The Morgan fingerprint density at radius 3 is 2.63 bits per heavy atom. The van der Waals surface area contributed by atoms with E-state index in [4.69, 9.17) is 4.74 Å². The molecule has 0 saturated carbocycles. The second-order valence-electron chi connectivity index (χ2n) is 5.82. The Hall–Kier alpha value is -2.03. The molecule has 0 fully saturated rings. The molecular weight excluding hydrogens is 422 g/mol. The number of rotatable bonds is 10. The molecule has 0 spiro atoms. The van der Waals surface area contributed by atoms with Gasteiger partial charge in [0.2, 0.25) is 5.91 Å². The van der Waals surface area contributed by atoms with Crippen molar-refractivity contribution in [3.63, 3.8) is 0 Å². The van der Waals surface area contributed by atoms with Gasteiger partial charge >= 0.3 is 0 Å². The maximum Gasteiger partial charge on any atom is 0.234 e. The highest BCUT2D eigenvalue weighted by Crippen LogP contribution is 2.17. The fourth-order valence-corrected chi connectivity index (χ4v) is 2.82. The number of nitrogens with one attached hydrogen (secondary N) is 1. The lowest BCUT2D eigenvalue weighted by molar-refractivity contribution is -0.122. The van der Waals surface area contributed by atoms with Crippen LogP contribution in [0.1, 0.15) is 5.56 Å². The molecule has 2 N–H and O–H groups in total. The molecule has 0 heterocycles. The summed E-state index contributed by atoms with van der Waals surface area (Å²) in [4.78, 5) is 13.7. The van der Waals surface area contributed by atoms with Crippen LogP contribution < -0.4 is 10.1 Å². The van der Waals surface area contributed by atoms with E-state index in [-0.39, 0.29) is 56.9 Å². The summed E-state index contributed by atoms with van der Waals surface area (Å²) in [6.45, 7) is 0.822. The van der Waals surface area contributed by atoms with Gasteiger partial charge in [-0.1, -0.05) is 15.9 Å². The quantitative estimate of drug-likeness (QED) is 0.555. The summed E-state index contributed by atoms with van der Waals surface area (Å²) in [5.41, 5.74) is 0.435. The normalized spacial score (nSPS) is 10.9. The Kier molecular flexibility index (Phi) is 8.63. The summed E-state index contributed by atoms with van der Waals surface area (Å²) in [5.74, 6) is -0.463. The number of ether oxygens (including phenoxy) is 1. The van der Waals surface area contributed by atoms with E-state index >= 15 is 0 Å².